The predicted octanol–water partition coefficient (Wildman–Crippen LogP) is 21.5. The zero-order chi connectivity index (χ0) is 56.3. The standard InChI is InChI=1S/C68H135N2O6P/c1-6-8-10-12-14-16-18-20-22-23-24-25-26-27-28-29-30-31-32-33-34-35-36-37-38-39-40-41-42-43-44-45-46-47-48-50-52-54-56-58-60-62-68(72)69-66(65-76-77(73,74)75-64-63-70(3,4)5)67(71)61-59-57-55-53-51-49-21-19-17-15-13-11-9-7-2/h51,53,59,61,66-67,71H,6-50,52,54-58,60,62-65H2,1-5H3,(H-,69,72,73,74)/p+1/b53-51+,61-59+. The lowest BCUT2D eigenvalue weighted by Gasteiger charge is -2.25. The molecule has 0 aromatic heterocycles. The Morgan fingerprint density at radius 1 is 0.429 bits per heavy atom. The minimum Gasteiger partial charge on any atom is -0.387 e. The maximum Gasteiger partial charge on any atom is 0.472 e. The number of amides is 1. The monoisotopic (exact) mass is 1110 g/mol. The van der Waals surface area contributed by atoms with E-state index in [2.05, 4.69) is 31.3 Å². The van der Waals surface area contributed by atoms with E-state index in [1.165, 1.54) is 295 Å². The molecule has 3 N–H and O–H groups in total. The molecule has 0 aliphatic heterocycles. The minimum atomic E-state index is -4.35. The number of phosphoric ester groups is 1. The molecule has 0 aliphatic rings. The van der Waals surface area contributed by atoms with Crippen molar-refractivity contribution in [3.63, 3.8) is 0 Å². The number of carbonyl (C=O) groups is 1. The molecule has 77 heavy (non-hydrogen) atoms. The predicted molar refractivity (Wildman–Crippen MR) is 337 cm³/mol. The average molecular weight is 1110 g/mol. The van der Waals surface area contributed by atoms with Crippen LogP contribution in [-0.4, -0.2) is 73.4 Å². The molecule has 0 saturated heterocycles. The normalized spacial score (nSPS) is 13.8. The number of unbranched alkanes of at least 4 members (excludes halogenated alkanes) is 49. The lowest BCUT2D eigenvalue weighted by molar-refractivity contribution is -0.870. The number of aliphatic hydroxyl groups is 1. The van der Waals surface area contributed by atoms with Gasteiger partial charge in [-0.05, 0) is 32.1 Å². The highest BCUT2D eigenvalue weighted by Crippen LogP contribution is 2.43. The van der Waals surface area contributed by atoms with Gasteiger partial charge in [0.05, 0.1) is 39.9 Å². The molecule has 1 amide bonds. The minimum absolute atomic E-state index is 0.0587. The lowest BCUT2D eigenvalue weighted by atomic mass is 10.0. The molecule has 0 aromatic rings. The number of allylic oxidation sites excluding steroid dienone is 3. The van der Waals surface area contributed by atoms with Crippen molar-refractivity contribution in [1.82, 2.24) is 5.32 Å². The topological polar surface area (TPSA) is 105 Å². The third-order valence-electron chi connectivity index (χ3n) is 15.9. The van der Waals surface area contributed by atoms with Crippen LogP contribution < -0.4 is 5.32 Å². The maximum absolute atomic E-state index is 13.0. The number of hydrogen-bond donors (Lipinski definition) is 3. The SMILES string of the molecule is CCCCCCCCCC/C=C/CC/C=C/C(O)C(COP(=O)(O)OCC[N+](C)(C)C)NC(=O)CCCCCCCCCCCCCCCCCCCCCCCCCCCCCCCCCCCCCCCCCCC. The Kier molecular flexibility index (Phi) is 58.8. The quantitative estimate of drug-likeness (QED) is 0.0243. The molecular formula is C68H136N2O6P+. The van der Waals surface area contributed by atoms with Crippen molar-refractivity contribution < 1.29 is 32.9 Å². The van der Waals surface area contributed by atoms with Crippen molar-refractivity contribution in [2.24, 2.45) is 0 Å². The average Bonchev–Trinajstić information content (AvgIpc) is 3.39. The molecule has 0 fully saturated rings. The summed E-state index contributed by atoms with van der Waals surface area (Å²) in [4.78, 5) is 23.3. The van der Waals surface area contributed by atoms with Crippen LogP contribution in [0.1, 0.15) is 354 Å². The second-order valence-electron chi connectivity index (χ2n) is 24.9. The van der Waals surface area contributed by atoms with Gasteiger partial charge in [-0.3, -0.25) is 13.8 Å². The van der Waals surface area contributed by atoms with E-state index in [4.69, 9.17) is 9.05 Å². The first kappa shape index (κ1) is 76.0. The molecule has 0 spiro atoms. The summed E-state index contributed by atoms with van der Waals surface area (Å²) >= 11 is 0. The van der Waals surface area contributed by atoms with Crippen LogP contribution in [0.25, 0.3) is 0 Å². The van der Waals surface area contributed by atoms with Gasteiger partial charge >= 0.3 is 7.82 Å². The van der Waals surface area contributed by atoms with Gasteiger partial charge < -0.3 is 19.8 Å². The van der Waals surface area contributed by atoms with Gasteiger partial charge in [0, 0.05) is 6.42 Å². The van der Waals surface area contributed by atoms with Crippen molar-refractivity contribution in [3.05, 3.63) is 24.3 Å². The largest absolute Gasteiger partial charge is 0.472 e. The smallest absolute Gasteiger partial charge is 0.387 e. The van der Waals surface area contributed by atoms with E-state index in [9.17, 15) is 19.4 Å². The molecule has 458 valence electrons. The summed E-state index contributed by atoms with van der Waals surface area (Å²) in [6.07, 6.45) is 77.9. The molecule has 0 bridgehead atoms. The summed E-state index contributed by atoms with van der Waals surface area (Å²) < 4.78 is 23.7. The van der Waals surface area contributed by atoms with E-state index >= 15 is 0 Å². The number of phosphoric acid groups is 1. The second kappa shape index (κ2) is 59.6. The van der Waals surface area contributed by atoms with Gasteiger partial charge in [-0.15, -0.1) is 0 Å². The van der Waals surface area contributed by atoms with E-state index in [1.807, 2.05) is 27.2 Å². The van der Waals surface area contributed by atoms with E-state index in [0.29, 0.717) is 17.4 Å². The molecule has 8 nitrogen and oxygen atoms in total. The molecular weight excluding hydrogens is 972 g/mol. The Bertz CT molecular complexity index is 1300. The van der Waals surface area contributed by atoms with Gasteiger partial charge in [0.1, 0.15) is 13.2 Å². The van der Waals surface area contributed by atoms with Crippen molar-refractivity contribution in [2.45, 2.75) is 366 Å². The summed E-state index contributed by atoms with van der Waals surface area (Å²) in [5, 5.41) is 13.9. The molecule has 0 radical (unpaired) electrons. The van der Waals surface area contributed by atoms with Gasteiger partial charge in [0.25, 0.3) is 0 Å². The first-order valence-electron chi connectivity index (χ1n) is 34.2. The fourth-order valence-corrected chi connectivity index (χ4v) is 11.3. The number of nitrogens with zero attached hydrogens (tertiary/aromatic N) is 1. The van der Waals surface area contributed by atoms with Gasteiger partial charge in [0.2, 0.25) is 5.91 Å². The third-order valence-corrected chi connectivity index (χ3v) is 16.9. The Labute approximate surface area is 481 Å². The molecule has 3 atom stereocenters. The summed E-state index contributed by atoms with van der Waals surface area (Å²) in [5.41, 5.74) is 0. The first-order valence-corrected chi connectivity index (χ1v) is 35.7. The molecule has 0 aromatic carbocycles. The molecule has 3 unspecified atom stereocenters. The van der Waals surface area contributed by atoms with Crippen molar-refractivity contribution in [1.29, 1.82) is 0 Å². The van der Waals surface area contributed by atoms with Crippen LogP contribution in [-0.2, 0) is 18.4 Å². The highest BCUT2D eigenvalue weighted by molar-refractivity contribution is 7.47. The number of carbonyl (C=O) groups excluding carboxylic acids is 1. The van der Waals surface area contributed by atoms with Gasteiger partial charge in [-0.1, -0.05) is 340 Å². The van der Waals surface area contributed by atoms with Crippen LogP contribution in [0.3, 0.4) is 0 Å². The molecule has 0 aliphatic carbocycles. The third kappa shape index (κ3) is 62.4. The summed E-state index contributed by atoms with van der Waals surface area (Å²) in [6.45, 7) is 4.83. The van der Waals surface area contributed by atoms with Crippen molar-refractivity contribution in [2.75, 3.05) is 40.9 Å². The fourth-order valence-electron chi connectivity index (χ4n) is 10.6. The maximum atomic E-state index is 13.0. The number of nitrogens with one attached hydrogen (secondary N) is 1. The van der Waals surface area contributed by atoms with Crippen LogP contribution in [0.2, 0.25) is 0 Å². The molecule has 0 saturated carbocycles. The van der Waals surface area contributed by atoms with E-state index in [-0.39, 0.29) is 19.1 Å². The zero-order valence-corrected chi connectivity index (χ0v) is 53.4. The number of quaternary nitrogens is 1. The second-order valence-corrected chi connectivity index (χ2v) is 26.4. The summed E-state index contributed by atoms with van der Waals surface area (Å²) in [7, 11) is 1.57. The highest BCUT2D eigenvalue weighted by atomic mass is 31.2. The molecule has 0 heterocycles. The van der Waals surface area contributed by atoms with E-state index < -0.39 is 20.0 Å². The molecule has 0 rings (SSSR count). The van der Waals surface area contributed by atoms with Crippen molar-refractivity contribution >= 4 is 13.7 Å². The number of hydrogen-bond acceptors (Lipinski definition) is 5. The number of rotatable bonds is 64. The Morgan fingerprint density at radius 2 is 0.714 bits per heavy atom. The van der Waals surface area contributed by atoms with Crippen LogP contribution in [0, 0.1) is 0 Å². The van der Waals surface area contributed by atoms with Gasteiger partial charge in [-0.25, -0.2) is 4.57 Å². The zero-order valence-electron chi connectivity index (χ0n) is 52.5. The Morgan fingerprint density at radius 3 is 1.04 bits per heavy atom. The summed E-state index contributed by atoms with van der Waals surface area (Å²) in [6, 6.07) is -0.860. The van der Waals surface area contributed by atoms with E-state index in [1.54, 1.807) is 6.08 Å². The first-order chi connectivity index (χ1) is 37.5. The Hall–Kier alpha value is -1.02. The van der Waals surface area contributed by atoms with Crippen LogP contribution >= 0.6 is 7.82 Å². The van der Waals surface area contributed by atoms with E-state index in [0.717, 1.165) is 38.5 Å². The molecule has 9 heteroatoms. The fraction of sp³-hybridized carbons (Fsp3) is 0.926. The number of likely N-dealkylation sites (N-methyl/N-ethyl adjacent to an activating group) is 1. The highest BCUT2D eigenvalue weighted by Gasteiger charge is 2.28. The lowest BCUT2D eigenvalue weighted by Crippen LogP contribution is -2.45. The Balaban J connectivity index is 3.82. The van der Waals surface area contributed by atoms with Crippen LogP contribution in [0.5, 0.6) is 0 Å². The van der Waals surface area contributed by atoms with Gasteiger partial charge in [0.15, 0.2) is 0 Å². The van der Waals surface area contributed by atoms with Crippen LogP contribution in [0.4, 0.5) is 0 Å². The van der Waals surface area contributed by atoms with Crippen LogP contribution in [0.15, 0.2) is 24.3 Å². The number of aliphatic hydroxyl groups excluding tert-OH is 1. The van der Waals surface area contributed by atoms with Gasteiger partial charge in [-0.2, -0.15) is 0 Å². The van der Waals surface area contributed by atoms with Crippen molar-refractivity contribution in [3.8, 4) is 0 Å². The summed E-state index contributed by atoms with van der Waals surface area (Å²) in [5.74, 6) is -0.180.